The summed E-state index contributed by atoms with van der Waals surface area (Å²) in [6.45, 7) is 4.88. The highest BCUT2D eigenvalue weighted by molar-refractivity contribution is 8.21. The van der Waals surface area contributed by atoms with Crippen LogP contribution in [0, 0.1) is 11.8 Å². The van der Waals surface area contributed by atoms with E-state index in [9.17, 15) is 0 Å². The Morgan fingerprint density at radius 1 is 1.08 bits per heavy atom. The average Bonchev–Trinajstić information content (AvgIpc) is 2.48. The van der Waals surface area contributed by atoms with Crippen molar-refractivity contribution in [3.8, 4) is 0 Å². The molecule has 1 heterocycles. The standard InChI is InChI=1S/C10H18S2/c1-8-3-4-9(2)10(7-8)11-5-6-12-10/h8-9H,3-7H2,1-2H3. The fourth-order valence-corrected chi connectivity index (χ4v) is 6.22. The summed E-state index contributed by atoms with van der Waals surface area (Å²) in [5.74, 6) is 4.70. The van der Waals surface area contributed by atoms with Crippen LogP contribution in [-0.2, 0) is 0 Å². The summed E-state index contributed by atoms with van der Waals surface area (Å²) >= 11 is 4.48. The highest BCUT2D eigenvalue weighted by atomic mass is 32.2. The number of rotatable bonds is 0. The van der Waals surface area contributed by atoms with E-state index in [-0.39, 0.29) is 0 Å². The zero-order chi connectivity index (χ0) is 8.60. The first-order chi connectivity index (χ1) is 5.73. The monoisotopic (exact) mass is 202 g/mol. The van der Waals surface area contributed by atoms with Crippen LogP contribution >= 0.6 is 23.5 Å². The zero-order valence-electron chi connectivity index (χ0n) is 8.01. The lowest BCUT2D eigenvalue weighted by atomic mass is 9.83. The average molecular weight is 202 g/mol. The molecule has 0 N–H and O–H groups in total. The van der Waals surface area contributed by atoms with Gasteiger partial charge in [0.1, 0.15) is 0 Å². The van der Waals surface area contributed by atoms with E-state index in [2.05, 4.69) is 37.4 Å². The predicted octanol–water partition coefficient (Wildman–Crippen LogP) is 3.62. The summed E-state index contributed by atoms with van der Waals surface area (Å²) in [5, 5.41) is 0. The van der Waals surface area contributed by atoms with Crippen LogP contribution in [-0.4, -0.2) is 15.6 Å². The van der Waals surface area contributed by atoms with Gasteiger partial charge < -0.3 is 0 Å². The molecule has 1 aliphatic heterocycles. The zero-order valence-corrected chi connectivity index (χ0v) is 9.64. The third-order valence-corrected chi connectivity index (χ3v) is 7.15. The molecule has 1 saturated heterocycles. The maximum Gasteiger partial charge on any atom is 0.0639 e. The van der Waals surface area contributed by atoms with E-state index in [1.54, 1.807) is 0 Å². The SMILES string of the molecule is CC1CCC(C)C2(C1)SCCS2. The quantitative estimate of drug-likeness (QED) is 0.588. The Morgan fingerprint density at radius 2 is 1.75 bits per heavy atom. The van der Waals surface area contributed by atoms with Gasteiger partial charge in [0.15, 0.2) is 0 Å². The van der Waals surface area contributed by atoms with Crippen LogP contribution in [0.1, 0.15) is 33.1 Å². The Morgan fingerprint density at radius 3 is 2.42 bits per heavy atom. The molecule has 2 rings (SSSR count). The normalized spacial score (nSPS) is 40.5. The summed E-state index contributed by atoms with van der Waals surface area (Å²) in [6, 6.07) is 0. The molecule has 2 unspecified atom stereocenters. The van der Waals surface area contributed by atoms with Crippen LogP contribution in [0.25, 0.3) is 0 Å². The van der Waals surface area contributed by atoms with Crippen LogP contribution in [0.3, 0.4) is 0 Å². The largest absolute Gasteiger partial charge is 0.143 e. The molecule has 0 radical (unpaired) electrons. The second kappa shape index (κ2) is 3.45. The van der Waals surface area contributed by atoms with Gasteiger partial charge in [-0.3, -0.25) is 0 Å². The molecule has 1 saturated carbocycles. The van der Waals surface area contributed by atoms with E-state index in [1.807, 2.05) is 0 Å². The second-order valence-corrected chi connectivity index (χ2v) is 7.41. The van der Waals surface area contributed by atoms with Gasteiger partial charge in [-0.15, -0.1) is 23.5 Å². The van der Waals surface area contributed by atoms with Crippen molar-refractivity contribution in [2.45, 2.75) is 37.2 Å². The van der Waals surface area contributed by atoms with Gasteiger partial charge in [0.2, 0.25) is 0 Å². The van der Waals surface area contributed by atoms with Crippen molar-refractivity contribution >= 4 is 23.5 Å². The summed E-state index contributed by atoms with van der Waals surface area (Å²) in [5.41, 5.74) is 0. The molecule has 0 aromatic rings. The van der Waals surface area contributed by atoms with E-state index in [1.165, 1.54) is 30.8 Å². The van der Waals surface area contributed by atoms with Gasteiger partial charge >= 0.3 is 0 Å². The molecule has 1 spiro atoms. The molecule has 2 fully saturated rings. The van der Waals surface area contributed by atoms with Gasteiger partial charge in [-0.1, -0.05) is 20.3 Å². The molecular weight excluding hydrogens is 184 g/mol. The minimum atomic E-state index is 0.637. The van der Waals surface area contributed by atoms with Gasteiger partial charge in [-0.05, 0) is 24.7 Å². The molecule has 2 atom stereocenters. The van der Waals surface area contributed by atoms with Gasteiger partial charge in [-0.25, -0.2) is 0 Å². The van der Waals surface area contributed by atoms with Crippen molar-refractivity contribution < 1.29 is 0 Å². The topological polar surface area (TPSA) is 0 Å². The van der Waals surface area contributed by atoms with Gasteiger partial charge in [0, 0.05) is 11.5 Å². The fraction of sp³-hybridized carbons (Fsp3) is 1.00. The molecular formula is C10H18S2. The van der Waals surface area contributed by atoms with E-state index < -0.39 is 0 Å². The van der Waals surface area contributed by atoms with E-state index in [0.717, 1.165) is 11.8 Å². The van der Waals surface area contributed by atoms with E-state index >= 15 is 0 Å². The van der Waals surface area contributed by atoms with Crippen molar-refractivity contribution in [3.05, 3.63) is 0 Å². The van der Waals surface area contributed by atoms with Crippen LogP contribution < -0.4 is 0 Å². The van der Waals surface area contributed by atoms with Crippen molar-refractivity contribution in [2.24, 2.45) is 11.8 Å². The van der Waals surface area contributed by atoms with Crippen LogP contribution in [0.4, 0.5) is 0 Å². The van der Waals surface area contributed by atoms with Gasteiger partial charge in [0.25, 0.3) is 0 Å². The molecule has 0 nitrogen and oxygen atoms in total. The molecule has 0 aromatic carbocycles. The first-order valence-electron chi connectivity index (χ1n) is 5.01. The third-order valence-electron chi connectivity index (χ3n) is 3.25. The van der Waals surface area contributed by atoms with Crippen LogP contribution in [0.5, 0.6) is 0 Å². The highest BCUT2D eigenvalue weighted by Crippen LogP contribution is 2.56. The molecule has 2 heteroatoms. The number of hydrogen-bond acceptors (Lipinski definition) is 2. The van der Waals surface area contributed by atoms with Crippen LogP contribution in [0.15, 0.2) is 0 Å². The Hall–Kier alpha value is 0.700. The molecule has 2 aliphatic rings. The Balaban J connectivity index is 2.09. The molecule has 0 amide bonds. The molecule has 0 aromatic heterocycles. The summed E-state index contributed by atoms with van der Waals surface area (Å²) in [7, 11) is 0. The molecule has 0 bridgehead atoms. The number of hydrogen-bond donors (Lipinski definition) is 0. The summed E-state index contributed by atoms with van der Waals surface area (Å²) in [4.78, 5) is 0. The lowest BCUT2D eigenvalue weighted by Crippen LogP contribution is -2.33. The summed E-state index contributed by atoms with van der Waals surface area (Å²) in [6.07, 6.45) is 4.38. The second-order valence-electron chi connectivity index (χ2n) is 4.30. The first-order valence-corrected chi connectivity index (χ1v) is 6.98. The fourth-order valence-electron chi connectivity index (χ4n) is 2.42. The minimum absolute atomic E-state index is 0.637. The van der Waals surface area contributed by atoms with E-state index in [0.29, 0.717) is 4.08 Å². The first kappa shape index (κ1) is 9.26. The lowest BCUT2D eigenvalue weighted by molar-refractivity contribution is 0.300. The van der Waals surface area contributed by atoms with E-state index in [4.69, 9.17) is 0 Å². The van der Waals surface area contributed by atoms with Crippen molar-refractivity contribution in [1.82, 2.24) is 0 Å². The van der Waals surface area contributed by atoms with Crippen molar-refractivity contribution in [1.29, 1.82) is 0 Å². The molecule has 1 aliphatic carbocycles. The number of thioether (sulfide) groups is 2. The Kier molecular flexibility index (Phi) is 2.66. The van der Waals surface area contributed by atoms with Crippen molar-refractivity contribution in [2.75, 3.05) is 11.5 Å². The maximum absolute atomic E-state index is 2.46. The van der Waals surface area contributed by atoms with Gasteiger partial charge in [-0.2, -0.15) is 0 Å². The highest BCUT2D eigenvalue weighted by Gasteiger charge is 2.43. The Bertz CT molecular complexity index is 161. The summed E-state index contributed by atoms with van der Waals surface area (Å²) < 4.78 is 0.637. The predicted molar refractivity (Wildman–Crippen MR) is 59.8 cm³/mol. The molecule has 12 heavy (non-hydrogen) atoms. The van der Waals surface area contributed by atoms with Gasteiger partial charge in [0.05, 0.1) is 4.08 Å². The lowest BCUT2D eigenvalue weighted by Gasteiger charge is -2.40. The Labute approximate surface area is 84.3 Å². The molecule has 70 valence electrons. The maximum atomic E-state index is 2.46. The van der Waals surface area contributed by atoms with Crippen LogP contribution in [0.2, 0.25) is 0 Å². The smallest absolute Gasteiger partial charge is 0.0639 e. The van der Waals surface area contributed by atoms with Crippen molar-refractivity contribution in [3.63, 3.8) is 0 Å². The third kappa shape index (κ3) is 1.52. The minimum Gasteiger partial charge on any atom is -0.143 e.